The third kappa shape index (κ3) is 3.69. The van der Waals surface area contributed by atoms with Gasteiger partial charge in [-0.05, 0) is 11.8 Å². The Labute approximate surface area is 115 Å². The molecule has 0 amide bonds. The first-order chi connectivity index (χ1) is 9.33. The van der Waals surface area contributed by atoms with Crippen LogP contribution in [0, 0.1) is 0 Å². The molecule has 0 saturated carbocycles. The Morgan fingerprint density at radius 3 is 2.84 bits per heavy atom. The van der Waals surface area contributed by atoms with Crippen LogP contribution in [-0.4, -0.2) is 27.6 Å². The second kappa shape index (κ2) is 6.75. The summed E-state index contributed by atoms with van der Waals surface area (Å²) in [6.45, 7) is 0.401. The van der Waals surface area contributed by atoms with Gasteiger partial charge in [0.1, 0.15) is 6.61 Å². The predicted octanol–water partition coefficient (Wildman–Crippen LogP) is 2.59. The van der Waals surface area contributed by atoms with Crippen LogP contribution in [0.4, 0.5) is 0 Å². The minimum atomic E-state index is 0.401. The van der Waals surface area contributed by atoms with Crippen molar-refractivity contribution in [3.05, 3.63) is 47.7 Å². The van der Waals surface area contributed by atoms with E-state index in [1.54, 1.807) is 6.20 Å². The minimum Gasteiger partial charge on any atom is -0.472 e. The lowest BCUT2D eigenvalue weighted by molar-refractivity contribution is 0.289. The van der Waals surface area contributed by atoms with Gasteiger partial charge in [0.05, 0.1) is 11.8 Å². The third-order valence-electron chi connectivity index (χ3n) is 2.36. The molecule has 0 bridgehead atoms. The summed E-state index contributed by atoms with van der Waals surface area (Å²) < 4.78 is 5.65. The summed E-state index contributed by atoms with van der Waals surface area (Å²) in [5, 5.41) is 12.2. The van der Waals surface area contributed by atoms with Crippen LogP contribution < -0.4 is 4.74 Å². The van der Waals surface area contributed by atoms with Crippen LogP contribution in [0.5, 0.6) is 5.88 Å². The summed E-state index contributed by atoms with van der Waals surface area (Å²) in [5.74, 6) is 0.404. The maximum atomic E-state index is 8.61. The van der Waals surface area contributed by atoms with Crippen molar-refractivity contribution in [2.75, 3.05) is 6.26 Å². The van der Waals surface area contributed by atoms with Crippen LogP contribution in [0.15, 0.2) is 46.8 Å². The molecule has 2 aromatic rings. The molecule has 0 unspecified atom stereocenters. The van der Waals surface area contributed by atoms with E-state index in [1.807, 2.05) is 36.6 Å². The number of nitrogens with zero attached hydrogens (tertiary/aromatic N) is 3. The highest BCUT2D eigenvalue weighted by Crippen LogP contribution is 2.18. The molecule has 19 heavy (non-hydrogen) atoms. The molecule has 0 saturated heterocycles. The largest absolute Gasteiger partial charge is 0.472 e. The highest BCUT2D eigenvalue weighted by atomic mass is 32.2. The Morgan fingerprint density at radius 1 is 1.37 bits per heavy atom. The fourth-order valence-corrected chi connectivity index (χ4v) is 1.78. The molecule has 0 fully saturated rings. The Morgan fingerprint density at radius 2 is 2.16 bits per heavy atom. The van der Waals surface area contributed by atoms with Crippen molar-refractivity contribution < 1.29 is 9.94 Å². The lowest BCUT2D eigenvalue weighted by atomic mass is 10.2. The van der Waals surface area contributed by atoms with E-state index in [0.717, 1.165) is 5.56 Å². The summed E-state index contributed by atoms with van der Waals surface area (Å²) in [4.78, 5) is 8.35. The zero-order valence-electron chi connectivity index (χ0n) is 10.4. The van der Waals surface area contributed by atoms with Gasteiger partial charge in [0.2, 0.25) is 5.88 Å². The molecule has 0 aliphatic rings. The van der Waals surface area contributed by atoms with Crippen molar-refractivity contribution in [3.8, 4) is 5.88 Å². The molecule has 1 aromatic heterocycles. The predicted molar refractivity (Wildman–Crippen MR) is 74.0 cm³/mol. The van der Waals surface area contributed by atoms with Crippen LogP contribution in [0.3, 0.4) is 0 Å². The molecule has 1 N–H and O–H groups in total. The number of hydrogen-bond acceptors (Lipinski definition) is 6. The van der Waals surface area contributed by atoms with Gasteiger partial charge in [0, 0.05) is 6.20 Å². The van der Waals surface area contributed by atoms with Crippen molar-refractivity contribution in [3.63, 3.8) is 0 Å². The molecule has 0 radical (unpaired) electrons. The van der Waals surface area contributed by atoms with Crippen molar-refractivity contribution in [1.82, 2.24) is 9.97 Å². The molecular formula is C13H13N3O2S. The zero-order valence-corrected chi connectivity index (χ0v) is 11.2. The topological polar surface area (TPSA) is 67.6 Å². The van der Waals surface area contributed by atoms with Crippen molar-refractivity contribution >= 4 is 18.0 Å². The first-order valence-corrected chi connectivity index (χ1v) is 6.81. The second-order valence-electron chi connectivity index (χ2n) is 3.64. The van der Waals surface area contributed by atoms with E-state index >= 15 is 0 Å². The van der Waals surface area contributed by atoms with Crippen molar-refractivity contribution in [2.24, 2.45) is 5.16 Å². The minimum absolute atomic E-state index is 0.401. The standard InChI is InChI=1S/C13H13N3O2S/c1-19-13-14-7-11(8-15-17)12(16-13)18-9-10-5-3-2-4-6-10/h2-8,17H,9H2,1H3. The first-order valence-electron chi connectivity index (χ1n) is 5.58. The van der Waals surface area contributed by atoms with Crippen LogP contribution >= 0.6 is 11.8 Å². The van der Waals surface area contributed by atoms with Crippen molar-refractivity contribution in [2.45, 2.75) is 11.8 Å². The molecule has 1 aromatic carbocycles. The highest BCUT2D eigenvalue weighted by molar-refractivity contribution is 7.98. The molecular weight excluding hydrogens is 262 g/mol. The van der Waals surface area contributed by atoms with Crippen LogP contribution in [-0.2, 0) is 6.61 Å². The summed E-state index contributed by atoms with van der Waals surface area (Å²) in [6.07, 6.45) is 4.71. The van der Waals surface area contributed by atoms with Gasteiger partial charge in [-0.15, -0.1) is 0 Å². The van der Waals surface area contributed by atoms with Gasteiger partial charge in [-0.1, -0.05) is 47.2 Å². The average molecular weight is 275 g/mol. The first kappa shape index (κ1) is 13.4. The molecule has 0 spiro atoms. The molecule has 1 heterocycles. The highest BCUT2D eigenvalue weighted by Gasteiger charge is 2.07. The number of rotatable bonds is 5. The Bertz CT molecular complexity index is 561. The lowest BCUT2D eigenvalue weighted by Crippen LogP contribution is -2.02. The third-order valence-corrected chi connectivity index (χ3v) is 2.92. The summed E-state index contributed by atoms with van der Waals surface area (Å²) in [5.41, 5.74) is 1.58. The molecule has 5 nitrogen and oxygen atoms in total. The van der Waals surface area contributed by atoms with Gasteiger partial charge >= 0.3 is 0 Å². The summed E-state index contributed by atoms with van der Waals surface area (Å²) in [6, 6.07) is 9.78. The average Bonchev–Trinajstić information content (AvgIpc) is 2.47. The maximum absolute atomic E-state index is 8.61. The second-order valence-corrected chi connectivity index (χ2v) is 4.41. The zero-order chi connectivity index (χ0) is 13.5. The number of aromatic nitrogens is 2. The van der Waals surface area contributed by atoms with Crippen LogP contribution in [0.2, 0.25) is 0 Å². The van der Waals surface area contributed by atoms with E-state index in [0.29, 0.717) is 23.2 Å². The number of hydrogen-bond donors (Lipinski definition) is 1. The molecule has 0 aliphatic heterocycles. The van der Waals surface area contributed by atoms with Gasteiger partial charge in [-0.3, -0.25) is 0 Å². The number of thioether (sulfide) groups is 1. The van der Waals surface area contributed by atoms with Crippen molar-refractivity contribution in [1.29, 1.82) is 0 Å². The van der Waals surface area contributed by atoms with E-state index in [9.17, 15) is 0 Å². The normalized spacial score (nSPS) is 10.8. The molecule has 2 rings (SSSR count). The van der Waals surface area contributed by atoms with Crippen LogP contribution in [0.25, 0.3) is 0 Å². The van der Waals surface area contributed by atoms with Crippen LogP contribution in [0.1, 0.15) is 11.1 Å². The number of ether oxygens (including phenoxy) is 1. The van der Waals surface area contributed by atoms with E-state index in [2.05, 4.69) is 15.1 Å². The maximum Gasteiger partial charge on any atom is 0.226 e. The monoisotopic (exact) mass is 275 g/mol. The molecule has 0 aliphatic carbocycles. The van der Waals surface area contributed by atoms with Gasteiger partial charge in [0.15, 0.2) is 5.16 Å². The Hall–Kier alpha value is -2.08. The van der Waals surface area contributed by atoms with Gasteiger partial charge < -0.3 is 9.94 Å². The number of oxime groups is 1. The van der Waals surface area contributed by atoms with E-state index in [1.165, 1.54) is 18.0 Å². The Kier molecular flexibility index (Phi) is 4.74. The van der Waals surface area contributed by atoms with E-state index in [-0.39, 0.29) is 0 Å². The van der Waals surface area contributed by atoms with E-state index in [4.69, 9.17) is 9.94 Å². The molecule has 6 heteroatoms. The summed E-state index contributed by atoms with van der Waals surface area (Å²) in [7, 11) is 0. The number of benzene rings is 1. The lowest BCUT2D eigenvalue weighted by Gasteiger charge is -2.08. The quantitative estimate of drug-likeness (QED) is 0.299. The fraction of sp³-hybridized carbons (Fsp3) is 0.154. The summed E-state index contributed by atoms with van der Waals surface area (Å²) >= 11 is 1.42. The Balaban J connectivity index is 2.17. The SMILES string of the molecule is CSc1ncc(C=NO)c(OCc2ccccc2)n1. The molecule has 98 valence electrons. The van der Waals surface area contributed by atoms with E-state index < -0.39 is 0 Å². The van der Waals surface area contributed by atoms with Gasteiger partial charge in [-0.2, -0.15) is 4.98 Å². The van der Waals surface area contributed by atoms with Gasteiger partial charge in [-0.25, -0.2) is 4.98 Å². The fourth-order valence-electron chi connectivity index (χ4n) is 1.45. The molecule has 0 atom stereocenters. The van der Waals surface area contributed by atoms with Gasteiger partial charge in [0.25, 0.3) is 0 Å². The smallest absolute Gasteiger partial charge is 0.226 e.